The zero-order chi connectivity index (χ0) is 45.2. The molecule has 1 amide bonds. The normalized spacial score (nSPS) is 14.1. The fourth-order valence-corrected chi connectivity index (χ4v) is 7.00. The first-order valence-corrected chi connectivity index (χ1v) is 25.5. The highest BCUT2D eigenvalue weighted by Gasteiger charge is 2.24. The average molecular weight is 862 g/mol. The number of ether oxygens (including phenoxy) is 1. The highest BCUT2D eigenvalue weighted by Crippen LogP contribution is 2.15. The Morgan fingerprint density at radius 1 is 0.468 bits per heavy atom. The Hall–Kier alpha value is -3.22. The first-order chi connectivity index (χ1) is 30.5. The van der Waals surface area contributed by atoms with E-state index >= 15 is 0 Å². The monoisotopic (exact) mass is 862 g/mol. The van der Waals surface area contributed by atoms with Crippen LogP contribution in [0, 0.1) is 0 Å². The van der Waals surface area contributed by atoms with Crippen molar-refractivity contribution in [3.8, 4) is 0 Å². The number of amides is 1. The molecule has 6 nitrogen and oxygen atoms in total. The predicted molar refractivity (Wildman–Crippen MR) is 268 cm³/mol. The fraction of sp³-hybridized carbons (Fsp3) is 0.679. The molecule has 0 rings (SSSR count). The van der Waals surface area contributed by atoms with Crippen molar-refractivity contribution >= 4 is 11.9 Å². The third-order valence-corrected chi connectivity index (χ3v) is 10.9. The number of unbranched alkanes of at least 4 members (excludes halogenated alkanes) is 16. The van der Waals surface area contributed by atoms with E-state index in [1.165, 1.54) is 89.9 Å². The van der Waals surface area contributed by atoms with Gasteiger partial charge in [-0.25, -0.2) is 0 Å². The van der Waals surface area contributed by atoms with Crippen LogP contribution in [0.5, 0.6) is 0 Å². The van der Waals surface area contributed by atoms with E-state index in [0.29, 0.717) is 25.7 Å². The average Bonchev–Trinajstić information content (AvgIpc) is 3.26. The number of hydrogen-bond donors (Lipinski definition) is 3. The molecule has 354 valence electrons. The smallest absolute Gasteiger partial charge is 0.306 e. The lowest BCUT2D eigenvalue weighted by Gasteiger charge is -2.24. The Morgan fingerprint density at radius 3 is 1.27 bits per heavy atom. The van der Waals surface area contributed by atoms with Crippen LogP contribution in [0.4, 0.5) is 0 Å². The number of allylic oxidation sites excluding steroid dienone is 16. The summed E-state index contributed by atoms with van der Waals surface area (Å²) in [7, 11) is 0. The summed E-state index contributed by atoms with van der Waals surface area (Å²) in [5, 5.41) is 23.6. The van der Waals surface area contributed by atoms with Gasteiger partial charge >= 0.3 is 5.97 Å². The van der Waals surface area contributed by atoms with Crippen LogP contribution in [0.2, 0.25) is 0 Å². The van der Waals surface area contributed by atoms with E-state index in [0.717, 1.165) is 77.0 Å². The van der Waals surface area contributed by atoms with Crippen molar-refractivity contribution in [2.75, 3.05) is 6.61 Å². The lowest BCUT2D eigenvalue weighted by Crippen LogP contribution is -2.46. The quantitative estimate of drug-likeness (QED) is 0.0322. The van der Waals surface area contributed by atoms with E-state index in [9.17, 15) is 19.8 Å². The molecule has 6 heteroatoms. The molecule has 0 aromatic rings. The number of aliphatic hydroxyl groups excluding tert-OH is 2. The van der Waals surface area contributed by atoms with Crippen molar-refractivity contribution in [3.05, 3.63) is 97.2 Å². The van der Waals surface area contributed by atoms with Crippen LogP contribution < -0.4 is 5.32 Å². The van der Waals surface area contributed by atoms with Gasteiger partial charge in [-0.15, -0.1) is 0 Å². The maximum atomic E-state index is 13.2. The Bertz CT molecular complexity index is 1240. The van der Waals surface area contributed by atoms with Crippen molar-refractivity contribution in [1.82, 2.24) is 5.32 Å². The summed E-state index contributed by atoms with van der Waals surface area (Å²) in [6.07, 6.45) is 64.7. The topological polar surface area (TPSA) is 95.9 Å². The Labute approximate surface area is 382 Å². The van der Waals surface area contributed by atoms with Gasteiger partial charge in [0.25, 0.3) is 0 Å². The molecular weight excluding hydrogens is 767 g/mol. The number of rotatable bonds is 44. The molecule has 0 fully saturated rings. The van der Waals surface area contributed by atoms with Crippen LogP contribution >= 0.6 is 0 Å². The number of aliphatic hydroxyl groups is 2. The van der Waals surface area contributed by atoms with Gasteiger partial charge in [-0.1, -0.05) is 201 Å². The summed E-state index contributed by atoms with van der Waals surface area (Å²) in [5.74, 6) is -0.604. The number of nitrogens with one attached hydrogen (secondary N) is 1. The third-order valence-electron chi connectivity index (χ3n) is 10.9. The molecule has 3 atom stereocenters. The molecule has 0 aliphatic heterocycles. The van der Waals surface area contributed by atoms with Gasteiger partial charge in [0.15, 0.2) is 0 Å². The SMILES string of the molecule is CCCCC/C=C\C/C=C\C/C=C\C/C=C\CCCC(=O)OC(CCC/C=C\C/C=C\C/C=C\C/C=C\CCCCC)CC(=O)NC(CO)C(O)CCCCCCCCCCC. The summed E-state index contributed by atoms with van der Waals surface area (Å²) < 4.78 is 5.87. The Kier molecular flexibility index (Phi) is 46.3. The summed E-state index contributed by atoms with van der Waals surface area (Å²) >= 11 is 0. The van der Waals surface area contributed by atoms with Gasteiger partial charge in [0.2, 0.25) is 5.91 Å². The zero-order valence-corrected chi connectivity index (χ0v) is 40.2. The van der Waals surface area contributed by atoms with Gasteiger partial charge in [-0.05, 0) is 103 Å². The van der Waals surface area contributed by atoms with E-state index < -0.39 is 18.2 Å². The molecule has 62 heavy (non-hydrogen) atoms. The van der Waals surface area contributed by atoms with Crippen molar-refractivity contribution in [2.45, 2.75) is 238 Å². The summed E-state index contributed by atoms with van der Waals surface area (Å²) in [6.45, 7) is 6.36. The number of esters is 1. The number of hydrogen-bond acceptors (Lipinski definition) is 5. The maximum Gasteiger partial charge on any atom is 0.306 e. The van der Waals surface area contributed by atoms with Gasteiger partial charge in [-0.2, -0.15) is 0 Å². The molecule has 0 aromatic carbocycles. The molecule has 0 spiro atoms. The first-order valence-electron chi connectivity index (χ1n) is 25.5. The highest BCUT2D eigenvalue weighted by molar-refractivity contribution is 5.77. The van der Waals surface area contributed by atoms with Crippen LogP contribution in [0.25, 0.3) is 0 Å². The predicted octanol–water partition coefficient (Wildman–Crippen LogP) is 15.3. The van der Waals surface area contributed by atoms with E-state index in [1.807, 2.05) is 0 Å². The summed E-state index contributed by atoms with van der Waals surface area (Å²) in [5.41, 5.74) is 0. The molecule has 0 saturated heterocycles. The van der Waals surface area contributed by atoms with Gasteiger partial charge in [0.05, 0.1) is 25.2 Å². The van der Waals surface area contributed by atoms with E-state index in [4.69, 9.17) is 4.74 Å². The zero-order valence-electron chi connectivity index (χ0n) is 40.2. The third kappa shape index (κ3) is 43.4. The Morgan fingerprint density at radius 2 is 0.839 bits per heavy atom. The molecule has 0 aromatic heterocycles. The molecule has 0 bridgehead atoms. The standard InChI is InChI=1S/C56H95NO5/c1-4-7-10-13-16-19-21-23-25-27-29-31-33-36-38-41-44-47-52(50-55(60)57-53(51-58)54(59)48-45-42-39-35-18-15-12-9-6-3)62-56(61)49-46-43-40-37-34-32-30-28-26-24-22-20-17-14-11-8-5-2/h16-17,19-20,23-26,29-32,36-38,40,52-54,58-59H,4-15,18,21-22,27-28,33-35,39,41-51H2,1-3H3,(H,57,60)/b19-16-,20-17-,25-23-,26-24-,31-29-,32-30-,38-36-,40-37-. The first kappa shape index (κ1) is 58.8. The second-order valence-corrected chi connectivity index (χ2v) is 16.9. The lowest BCUT2D eigenvalue weighted by atomic mass is 10.0. The van der Waals surface area contributed by atoms with Crippen LogP contribution in [0.3, 0.4) is 0 Å². The van der Waals surface area contributed by atoms with Gasteiger partial charge in [0.1, 0.15) is 6.10 Å². The van der Waals surface area contributed by atoms with Gasteiger partial charge < -0.3 is 20.3 Å². The summed E-state index contributed by atoms with van der Waals surface area (Å²) in [4.78, 5) is 26.1. The lowest BCUT2D eigenvalue weighted by molar-refractivity contribution is -0.151. The summed E-state index contributed by atoms with van der Waals surface area (Å²) in [6, 6.07) is -0.734. The maximum absolute atomic E-state index is 13.2. The molecule has 0 aliphatic carbocycles. The molecular formula is C56H95NO5. The molecule has 3 unspecified atom stereocenters. The van der Waals surface area contributed by atoms with E-state index in [-0.39, 0.29) is 24.9 Å². The van der Waals surface area contributed by atoms with Crippen molar-refractivity contribution in [2.24, 2.45) is 0 Å². The second kappa shape index (κ2) is 48.8. The largest absolute Gasteiger partial charge is 0.462 e. The van der Waals surface area contributed by atoms with Crippen LogP contribution in [-0.2, 0) is 14.3 Å². The molecule has 3 N–H and O–H groups in total. The number of carbonyl (C=O) groups excluding carboxylic acids is 2. The minimum absolute atomic E-state index is 0.0127. The van der Waals surface area contributed by atoms with Gasteiger partial charge in [0, 0.05) is 6.42 Å². The van der Waals surface area contributed by atoms with Crippen molar-refractivity contribution in [1.29, 1.82) is 0 Å². The molecule has 0 radical (unpaired) electrons. The molecule has 0 heterocycles. The molecule has 0 saturated carbocycles. The fourth-order valence-electron chi connectivity index (χ4n) is 7.00. The van der Waals surface area contributed by atoms with Crippen molar-refractivity contribution < 1.29 is 24.5 Å². The number of carbonyl (C=O) groups is 2. The van der Waals surface area contributed by atoms with Crippen molar-refractivity contribution in [3.63, 3.8) is 0 Å². The molecule has 0 aliphatic rings. The van der Waals surface area contributed by atoms with Crippen LogP contribution in [-0.4, -0.2) is 46.9 Å². The van der Waals surface area contributed by atoms with Crippen LogP contribution in [0.1, 0.15) is 220 Å². The minimum Gasteiger partial charge on any atom is -0.462 e. The van der Waals surface area contributed by atoms with E-state index in [1.54, 1.807) is 0 Å². The Balaban J connectivity index is 4.81. The van der Waals surface area contributed by atoms with Gasteiger partial charge in [-0.3, -0.25) is 9.59 Å². The second-order valence-electron chi connectivity index (χ2n) is 16.9. The van der Waals surface area contributed by atoms with Crippen LogP contribution in [0.15, 0.2) is 97.2 Å². The minimum atomic E-state index is -0.815. The van der Waals surface area contributed by atoms with E-state index in [2.05, 4.69) is 123 Å². The highest BCUT2D eigenvalue weighted by atomic mass is 16.5.